The average Bonchev–Trinajstić information content (AvgIpc) is 3.29. The number of thioether (sulfide) groups is 1. The van der Waals surface area contributed by atoms with Gasteiger partial charge in [-0.05, 0) is 54.3 Å². The SMILES string of the molecule is Cc1ccc(S(=O)(=O)N2[C@H]3C[C@H](SCc4ccc(Cl)cc4)[C@@H]2c2ccccc23)cc1. The number of nitrogens with zero attached hydrogens (tertiary/aromatic N) is 1. The monoisotopic (exact) mass is 455 g/mol. The van der Waals surface area contributed by atoms with Gasteiger partial charge >= 0.3 is 0 Å². The molecule has 5 rings (SSSR count). The van der Waals surface area contributed by atoms with Crippen LogP contribution in [0.4, 0.5) is 0 Å². The molecule has 3 nitrogen and oxygen atoms in total. The quantitative estimate of drug-likeness (QED) is 0.463. The van der Waals surface area contributed by atoms with Gasteiger partial charge in [0.2, 0.25) is 10.0 Å². The van der Waals surface area contributed by atoms with Gasteiger partial charge in [-0.15, -0.1) is 0 Å². The normalized spacial score (nSPS) is 22.9. The van der Waals surface area contributed by atoms with Gasteiger partial charge in [-0.3, -0.25) is 0 Å². The third kappa shape index (κ3) is 3.38. The summed E-state index contributed by atoms with van der Waals surface area (Å²) in [6.45, 7) is 1.97. The molecule has 0 spiro atoms. The van der Waals surface area contributed by atoms with E-state index in [0.29, 0.717) is 4.90 Å². The number of rotatable bonds is 5. The van der Waals surface area contributed by atoms with Gasteiger partial charge in [0, 0.05) is 16.0 Å². The largest absolute Gasteiger partial charge is 0.244 e. The number of sulfonamides is 1. The van der Waals surface area contributed by atoms with Gasteiger partial charge in [-0.2, -0.15) is 16.1 Å². The average molecular weight is 456 g/mol. The third-order valence-corrected chi connectivity index (χ3v) is 9.57. The molecule has 0 unspecified atom stereocenters. The summed E-state index contributed by atoms with van der Waals surface area (Å²) in [6, 6.07) is 23.0. The van der Waals surface area contributed by atoms with Crippen molar-refractivity contribution in [3.05, 3.63) is 100 Å². The van der Waals surface area contributed by atoms with Crippen LogP contribution in [0.1, 0.15) is 40.8 Å². The highest BCUT2D eigenvalue weighted by molar-refractivity contribution is 7.99. The van der Waals surface area contributed by atoms with Crippen molar-refractivity contribution >= 4 is 33.4 Å². The van der Waals surface area contributed by atoms with Crippen LogP contribution >= 0.6 is 23.4 Å². The molecular formula is C24H22ClNO2S2. The standard InChI is InChI=1S/C24H22ClNO2S2/c1-16-6-12-19(13-7-16)30(27,28)26-22-14-23(24(26)21-5-3-2-4-20(21)22)29-15-17-8-10-18(25)11-9-17/h2-13,22-24H,14-15H2,1H3/t22-,23-,24-/m0/s1. The molecule has 0 saturated carbocycles. The first-order chi connectivity index (χ1) is 14.4. The van der Waals surface area contributed by atoms with Crippen molar-refractivity contribution in [1.29, 1.82) is 0 Å². The summed E-state index contributed by atoms with van der Waals surface area (Å²) in [7, 11) is -3.58. The lowest BCUT2D eigenvalue weighted by molar-refractivity contribution is 0.367. The van der Waals surface area contributed by atoms with Crippen molar-refractivity contribution in [3.8, 4) is 0 Å². The molecular weight excluding hydrogens is 434 g/mol. The maximum atomic E-state index is 13.6. The molecule has 2 bridgehead atoms. The molecule has 1 fully saturated rings. The first-order valence-corrected chi connectivity index (χ1v) is 12.9. The van der Waals surface area contributed by atoms with Crippen LogP contribution < -0.4 is 0 Å². The third-order valence-electron chi connectivity index (χ3n) is 6.04. The van der Waals surface area contributed by atoms with E-state index in [1.165, 1.54) is 5.56 Å². The summed E-state index contributed by atoms with van der Waals surface area (Å²) in [5, 5.41) is 0.953. The fraction of sp³-hybridized carbons (Fsp3) is 0.250. The van der Waals surface area contributed by atoms with E-state index in [4.69, 9.17) is 11.6 Å². The van der Waals surface area contributed by atoms with Crippen molar-refractivity contribution < 1.29 is 8.42 Å². The van der Waals surface area contributed by atoms with E-state index in [0.717, 1.165) is 33.9 Å². The van der Waals surface area contributed by atoms with E-state index >= 15 is 0 Å². The van der Waals surface area contributed by atoms with Crippen molar-refractivity contribution in [1.82, 2.24) is 4.31 Å². The zero-order valence-corrected chi connectivity index (χ0v) is 18.9. The Morgan fingerprint density at radius 3 is 2.33 bits per heavy atom. The van der Waals surface area contributed by atoms with Crippen molar-refractivity contribution in [2.45, 2.75) is 41.3 Å². The minimum Gasteiger partial charge on any atom is -0.207 e. The number of hydrogen-bond donors (Lipinski definition) is 0. The molecule has 0 aliphatic carbocycles. The topological polar surface area (TPSA) is 37.4 Å². The van der Waals surface area contributed by atoms with Gasteiger partial charge in [0.05, 0.1) is 17.0 Å². The molecule has 3 aromatic rings. The fourth-order valence-electron chi connectivity index (χ4n) is 4.59. The van der Waals surface area contributed by atoms with E-state index < -0.39 is 10.0 Å². The highest BCUT2D eigenvalue weighted by Crippen LogP contribution is 2.58. The van der Waals surface area contributed by atoms with E-state index in [1.807, 2.05) is 67.2 Å². The minimum atomic E-state index is -3.58. The lowest BCUT2D eigenvalue weighted by Crippen LogP contribution is -2.29. The first kappa shape index (κ1) is 20.1. The highest BCUT2D eigenvalue weighted by Gasteiger charge is 2.55. The Morgan fingerprint density at radius 1 is 0.967 bits per heavy atom. The summed E-state index contributed by atoms with van der Waals surface area (Å²) >= 11 is 7.84. The van der Waals surface area contributed by atoms with Crippen LogP contribution in [0.5, 0.6) is 0 Å². The van der Waals surface area contributed by atoms with Crippen LogP contribution in [-0.2, 0) is 15.8 Å². The van der Waals surface area contributed by atoms with Crippen molar-refractivity contribution in [2.24, 2.45) is 0 Å². The van der Waals surface area contributed by atoms with Crippen molar-refractivity contribution in [3.63, 3.8) is 0 Å². The Bertz CT molecular complexity index is 1180. The van der Waals surface area contributed by atoms with Crippen LogP contribution in [-0.4, -0.2) is 18.0 Å². The Morgan fingerprint density at radius 2 is 1.63 bits per heavy atom. The smallest absolute Gasteiger partial charge is 0.207 e. The number of fused-ring (bicyclic) bond motifs is 5. The minimum absolute atomic E-state index is 0.0970. The van der Waals surface area contributed by atoms with Gasteiger partial charge in [0.15, 0.2) is 0 Å². The van der Waals surface area contributed by atoms with E-state index in [9.17, 15) is 8.42 Å². The summed E-state index contributed by atoms with van der Waals surface area (Å²) in [5.74, 6) is 0.839. The summed E-state index contributed by atoms with van der Waals surface area (Å²) in [4.78, 5) is 0.374. The Balaban J connectivity index is 1.47. The lowest BCUT2D eigenvalue weighted by atomic mass is 9.92. The molecule has 2 aliphatic heterocycles. The first-order valence-electron chi connectivity index (χ1n) is 10.0. The van der Waals surface area contributed by atoms with Crippen LogP contribution in [0.15, 0.2) is 77.7 Å². The second kappa shape index (κ2) is 7.72. The molecule has 1 saturated heterocycles. The maximum absolute atomic E-state index is 13.6. The molecule has 0 aromatic heterocycles. The lowest BCUT2D eigenvalue weighted by Gasteiger charge is -2.25. The summed E-state index contributed by atoms with van der Waals surface area (Å²) in [5.41, 5.74) is 4.56. The molecule has 2 heterocycles. The molecule has 3 aromatic carbocycles. The van der Waals surface area contributed by atoms with Crippen molar-refractivity contribution in [2.75, 3.05) is 0 Å². The molecule has 154 valence electrons. The van der Waals surface area contributed by atoms with Crippen LogP contribution in [0.25, 0.3) is 0 Å². The van der Waals surface area contributed by atoms with Crippen LogP contribution in [0.2, 0.25) is 5.02 Å². The molecule has 3 atom stereocenters. The Hall–Kier alpha value is -1.79. The van der Waals surface area contributed by atoms with Crippen LogP contribution in [0.3, 0.4) is 0 Å². The van der Waals surface area contributed by atoms with Gasteiger partial charge in [-0.25, -0.2) is 8.42 Å². The van der Waals surface area contributed by atoms with Gasteiger partial charge in [0.25, 0.3) is 0 Å². The summed E-state index contributed by atoms with van der Waals surface area (Å²) in [6.07, 6.45) is 0.838. The van der Waals surface area contributed by atoms with Gasteiger partial charge in [0.1, 0.15) is 0 Å². The van der Waals surface area contributed by atoms with E-state index in [1.54, 1.807) is 16.4 Å². The molecule has 6 heteroatoms. The number of benzene rings is 3. The predicted octanol–water partition coefficient (Wildman–Crippen LogP) is 6.14. The predicted molar refractivity (Wildman–Crippen MR) is 123 cm³/mol. The summed E-state index contributed by atoms with van der Waals surface area (Å²) < 4.78 is 29.0. The maximum Gasteiger partial charge on any atom is 0.244 e. The molecule has 0 amide bonds. The van der Waals surface area contributed by atoms with E-state index in [2.05, 4.69) is 12.1 Å². The van der Waals surface area contributed by atoms with E-state index in [-0.39, 0.29) is 17.3 Å². The Labute approximate surface area is 187 Å². The van der Waals surface area contributed by atoms with Crippen LogP contribution in [0, 0.1) is 6.92 Å². The second-order valence-corrected chi connectivity index (χ2v) is 11.5. The Kier molecular flexibility index (Phi) is 5.18. The highest BCUT2D eigenvalue weighted by atomic mass is 35.5. The fourth-order valence-corrected chi connectivity index (χ4v) is 7.99. The molecule has 0 N–H and O–H groups in total. The molecule has 30 heavy (non-hydrogen) atoms. The van der Waals surface area contributed by atoms with Gasteiger partial charge in [-0.1, -0.05) is 65.7 Å². The molecule has 0 radical (unpaired) electrons. The molecule has 2 aliphatic rings. The zero-order valence-electron chi connectivity index (χ0n) is 16.5. The number of hydrogen-bond acceptors (Lipinski definition) is 3. The zero-order chi connectivity index (χ0) is 20.9. The second-order valence-electron chi connectivity index (χ2n) is 7.95. The number of halogens is 1. The number of aryl methyl sites for hydroxylation is 1. The van der Waals surface area contributed by atoms with Gasteiger partial charge < -0.3 is 0 Å².